The number of fused-ring (bicyclic) bond motifs is 1. The minimum atomic E-state index is -3.28. The van der Waals surface area contributed by atoms with Gasteiger partial charge in [0.15, 0.2) is 23.7 Å². The molecule has 0 spiro atoms. The van der Waals surface area contributed by atoms with Gasteiger partial charge in [-0.3, -0.25) is 4.98 Å². The zero-order chi connectivity index (χ0) is 19.0. The summed E-state index contributed by atoms with van der Waals surface area (Å²) in [6.07, 6.45) is -5.48. The Hall–Kier alpha value is -3.05. The third-order valence-corrected chi connectivity index (χ3v) is 3.18. The number of ether oxygens (including phenoxy) is 1. The molecule has 0 saturated heterocycles. The van der Waals surface area contributed by atoms with Crippen molar-refractivity contribution in [2.75, 3.05) is 6.61 Å². The van der Waals surface area contributed by atoms with Crippen LogP contribution in [0.3, 0.4) is 0 Å². The van der Waals surface area contributed by atoms with Crippen LogP contribution in [0.1, 0.15) is 12.1 Å². The maximum absolute atomic E-state index is 14.2. The van der Waals surface area contributed by atoms with Crippen LogP contribution in [0.5, 0.6) is 5.88 Å². The molecule has 0 atom stereocenters. The highest BCUT2D eigenvalue weighted by Gasteiger charge is 2.24. The zero-order valence-corrected chi connectivity index (χ0v) is 12.4. The minimum Gasteiger partial charge on any atom is -0.470 e. The normalized spacial score (nSPS) is 11.7. The van der Waals surface area contributed by atoms with Crippen LogP contribution in [0.4, 0.5) is 26.3 Å². The molecule has 0 aliphatic heterocycles. The first-order valence-electron chi connectivity index (χ1n) is 6.85. The molecular formula is C14H7F6N3O3. The second-order valence-electron chi connectivity index (χ2n) is 4.88. The van der Waals surface area contributed by atoms with Crippen molar-refractivity contribution in [1.29, 1.82) is 0 Å². The average molecular weight is 379 g/mol. The molecule has 0 bridgehead atoms. The molecule has 1 N–H and O–H groups in total. The summed E-state index contributed by atoms with van der Waals surface area (Å²) in [6.45, 7) is -1.20. The second-order valence-corrected chi connectivity index (χ2v) is 4.88. The molecule has 2 aromatic heterocycles. The van der Waals surface area contributed by atoms with Gasteiger partial charge in [-0.1, -0.05) is 0 Å². The Morgan fingerprint density at radius 3 is 2.58 bits per heavy atom. The van der Waals surface area contributed by atoms with E-state index in [4.69, 9.17) is 0 Å². The topological polar surface area (TPSA) is 81.0 Å². The van der Waals surface area contributed by atoms with Crippen molar-refractivity contribution in [3.8, 4) is 17.1 Å². The third kappa shape index (κ3) is 3.21. The lowest BCUT2D eigenvalue weighted by Gasteiger charge is -2.11. The standard InChI is InChI=1S/C14H7F6N3O3/c15-4-1-5(16)9-11(26-14(24)23-9)8(4)6-2-21-13(25-3-7(17)18)10(22-6)12(19)20/h1-2,7,12H,3H2,(H,23,24). The number of hydrogen-bond donors (Lipinski definition) is 1. The van der Waals surface area contributed by atoms with Gasteiger partial charge in [-0.05, 0) is 0 Å². The molecule has 0 amide bonds. The van der Waals surface area contributed by atoms with Crippen molar-refractivity contribution in [1.82, 2.24) is 15.0 Å². The molecule has 12 heteroatoms. The van der Waals surface area contributed by atoms with Gasteiger partial charge in [0.25, 0.3) is 12.9 Å². The number of aromatic nitrogens is 3. The highest BCUT2D eigenvalue weighted by atomic mass is 19.3. The lowest BCUT2D eigenvalue weighted by molar-refractivity contribution is 0.0736. The van der Waals surface area contributed by atoms with Crippen LogP contribution in [-0.4, -0.2) is 28.0 Å². The van der Waals surface area contributed by atoms with Gasteiger partial charge >= 0.3 is 5.76 Å². The highest BCUT2D eigenvalue weighted by molar-refractivity contribution is 5.89. The summed E-state index contributed by atoms with van der Waals surface area (Å²) in [5.74, 6) is -4.37. The van der Waals surface area contributed by atoms with Crippen LogP contribution in [0, 0.1) is 11.6 Å². The summed E-state index contributed by atoms with van der Waals surface area (Å²) in [5.41, 5.74) is -3.35. The Morgan fingerprint density at radius 2 is 1.92 bits per heavy atom. The van der Waals surface area contributed by atoms with Crippen LogP contribution in [-0.2, 0) is 0 Å². The van der Waals surface area contributed by atoms with Gasteiger partial charge in [0.05, 0.1) is 17.5 Å². The van der Waals surface area contributed by atoms with Crippen LogP contribution >= 0.6 is 0 Å². The average Bonchev–Trinajstić information content (AvgIpc) is 2.95. The molecule has 1 aromatic carbocycles. The van der Waals surface area contributed by atoms with E-state index in [9.17, 15) is 31.1 Å². The molecule has 0 fully saturated rings. The van der Waals surface area contributed by atoms with Crippen LogP contribution in [0.25, 0.3) is 22.4 Å². The first kappa shape index (κ1) is 17.8. The number of benzene rings is 1. The highest BCUT2D eigenvalue weighted by Crippen LogP contribution is 2.33. The quantitative estimate of drug-likeness (QED) is 0.687. The van der Waals surface area contributed by atoms with E-state index in [0.29, 0.717) is 6.07 Å². The molecule has 3 rings (SSSR count). The Labute approximate surface area is 139 Å². The van der Waals surface area contributed by atoms with Gasteiger partial charge in [0, 0.05) is 6.07 Å². The van der Waals surface area contributed by atoms with Gasteiger partial charge in [-0.15, -0.1) is 0 Å². The number of oxazole rings is 1. The fourth-order valence-electron chi connectivity index (χ4n) is 2.18. The summed E-state index contributed by atoms with van der Waals surface area (Å²) in [4.78, 5) is 20.1. The van der Waals surface area contributed by atoms with Crippen LogP contribution < -0.4 is 10.5 Å². The summed E-state index contributed by atoms with van der Waals surface area (Å²) >= 11 is 0. The Morgan fingerprint density at radius 1 is 1.19 bits per heavy atom. The van der Waals surface area contributed by atoms with Gasteiger partial charge in [0.2, 0.25) is 5.88 Å². The molecule has 0 saturated carbocycles. The second kappa shape index (κ2) is 6.69. The molecule has 0 radical (unpaired) electrons. The monoisotopic (exact) mass is 379 g/mol. The van der Waals surface area contributed by atoms with Gasteiger partial charge in [0.1, 0.15) is 11.3 Å². The number of nitrogens with one attached hydrogen (secondary N) is 1. The molecular weight excluding hydrogens is 372 g/mol. The van der Waals surface area contributed by atoms with Crippen molar-refractivity contribution in [3.05, 3.63) is 40.1 Å². The first-order chi connectivity index (χ1) is 12.3. The summed E-state index contributed by atoms with van der Waals surface area (Å²) in [6, 6.07) is 0.397. The number of nitrogens with zero attached hydrogens (tertiary/aromatic N) is 2. The van der Waals surface area contributed by atoms with E-state index in [2.05, 4.69) is 19.1 Å². The molecule has 138 valence electrons. The van der Waals surface area contributed by atoms with E-state index in [0.717, 1.165) is 6.20 Å². The van der Waals surface area contributed by atoms with Gasteiger partial charge in [-0.2, -0.15) is 0 Å². The lowest BCUT2D eigenvalue weighted by Crippen LogP contribution is -2.11. The van der Waals surface area contributed by atoms with E-state index in [1.165, 1.54) is 0 Å². The van der Waals surface area contributed by atoms with Crippen molar-refractivity contribution in [2.24, 2.45) is 0 Å². The number of halogens is 6. The number of rotatable bonds is 5. The molecule has 2 heterocycles. The van der Waals surface area contributed by atoms with Crippen molar-refractivity contribution in [2.45, 2.75) is 12.9 Å². The fraction of sp³-hybridized carbons (Fsp3) is 0.214. The maximum Gasteiger partial charge on any atom is 0.417 e. The van der Waals surface area contributed by atoms with Gasteiger partial charge in [-0.25, -0.2) is 41.1 Å². The zero-order valence-electron chi connectivity index (χ0n) is 12.4. The lowest BCUT2D eigenvalue weighted by atomic mass is 10.1. The van der Waals surface area contributed by atoms with Crippen LogP contribution in [0.2, 0.25) is 0 Å². The van der Waals surface area contributed by atoms with E-state index >= 15 is 0 Å². The molecule has 0 aliphatic carbocycles. The van der Waals surface area contributed by atoms with Gasteiger partial charge < -0.3 is 9.15 Å². The van der Waals surface area contributed by atoms with Crippen molar-refractivity contribution in [3.63, 3.8) is 0 Å². The molecule has 3 aromatic rings. The molecule has 0 aliphatic rings. The largest absolute Gasteiger partial charge is 0.470 e. The molecule has 0 unspecified atom stereocenters. The minimum absolute atomic E-state index is 0.397. The van der Waals surface area contributed by atoms with Crippen molar-refractivity contribution >= 4 is 11.1 Å². The smallest absolute Gasteiger partial charge is 0.417 e. The Balaban J connectivity index is 2.17. The predicted molar refractivity (Wildman–Crippen MR) is 74.2 cm³/mol. The molecule has 26 heavy (non-hydrogen) atoms. The van der Waals surface area contributed by atoms with Crippen molar-refractivity contribution < 1.29 is 35.5 Å². The number of aromatic amines is 1. The number of alkyl halides is 4. The SMILES string of the molecule is O=c1[nH]c2c(F)cc(F)c(-c3cnc(OCC(F)F)c(C(F)F)n3)c2o1. The van der Waals surface area contributed by atoms with E-state index in [1.807, 2.05) is 4.98 Å². The van der Waals surface area contributed by atoms with E-state index in [-0.39, 0.29) is 0 Å². The van der Waals surface area contributed by atoms with Crippen LogP contribution in [0.15, 0.2) is 21.5 Å². The Kier molecular flexibility index (Phi) is 4.57. The summed E-state index contributed by atoms with van der Waals surface area (Å²) in [7, 11) is 0. The number of hydrogen-bond acceptors (Lipinski definition) is 5. The maximum atomic E-state index is 14.2. The summed E-state index contributed by atoms with van der Waals surface area (Å²) in [5, 5.41) is 0. The Bertz CT molecular complexity index is 1020. The third-order valence-electron chi connectivity index (χ3n) is 3.18. The summed E-state index contributed by atoms with van der Waals surface area (Å²) < 4.78 is 87.6. The number of H-pyrrole nitrogens is 1. The fourth-order valence-corrected chi connectivity index (χ4v) is 2.18. The first-order valence-corrected chi connectivity index (χ1v) is 6.85. The molecule has 6 nitrogen and oxygen atoms in total. The predicted octanol–water partition coefficient (Wildman–Crippen LogP) is 3.44. The van der Waals surface area contributed by atoms with E-state index < -0.39 is 70.8 Å². The van der Waals surface area contributed by atoms with E-state index in [1.54, 1.807) is 0 Å².